The summed E-state index contributed by atoms with van der Waals surface area (Å²) in [5, 5.41) is 10.6. The molecule has 0 radical (unpaired) electrons. The van der Waals surface area contributed by atoms with Gasteiger partial charge in [-0.05, 0) is 97.4 Å². The van der Waals surface area contributed by atoms with Gasteiger partial charge in [0.2, 0.25) is 0 Å². The molecule has 5 rings (SSSR count). The first-order valence-corrected chi connectivity index (χ1v) is 14.7. The van der Waals surface area contributed by atoms with E-state index in [2.05, 4.69) is 48.5 Å². The van der Waals surface area contributed by atoms with Crippen molar-refractivity contribution in [2.24, 2.45) is 56.7 Å². The molecule has 0 bridgehead atoms. The topological polar surface area (TPSA) is 80.7 Å². The standard InChI is InChI=1S/C32H48O5/c1-18-9-14-32(27(35)36)16-15-30(7)21(25(32)19(18)2)17-22(34)26-29(6)12-11-24(37-20(3)33)28(4,5)23(29)10-13-31(26,30)8/h17-19,23-26H,9-16H2,1-8H3,(H,35,36)/t18-,19+,23?,24+,25+,26-,29+,30-,31-,32+/m1/s1. The van der Waals surface area contributed by atoms with Gasteiger partial charge in [0.15, 0.2) is 5.78 Å². The van der Waals surface area contributed by atoms with Crippen molar-refractivity contribution in [1.29, 1.82) is 0 Å². The van der Waals surface area contributed by atoms with E-state index >= 15 is 0 Å². The van der Waals surface area contributed by atoms with Gasteiger partial charge in [-0.25, -0.2) is 0 Å². The van der Waals surface area contributed by atoms with Gasteiger partial charge in [0.1, 0.15) is 6.10 Å². The van der Waals surface area contributed by atoms with Crippen molar-refractivity contribution in [3.8, 4) is 0 Å². The Hall–Kier alpha value is -1.65. The second-order valence-electron chi connectivity index (χ2n) is 15.1. The maximum absolute atomic E-state index is 14.4. The molecule has 10 atom stereocenters. The van der Waals surface area contributed by atoms with E-state index in [1.165, 1.54) is 6.92 Å². The van der Waals surface area contributed by atoms with Crippen LogP contribution in [0.15, 0.2) is 11.6 Å². The molecule has 0 amide bonds. The van der Waals surface area contributed by atoms with Crippen molar-refractivity contribution < 1.29 is 24.2 Å². The molecule has 0 aromatic carbocycles. The van der Waals surface area contributed by atoms with E-state index in [4.69, 9.17) is 4.74 Å². The molecule has 0 aliphatic heterocycles. The van der Waals surface area contributed by atoms with Gasteiger partial charge in [0, 0.05) is 18.3 Å². The molecule has 5 aliphatic carbocycles. The molecule has 0 heterocycles. The summed E-state index contributed by atoms with van der Waals surface area (Å²) in [7, 11) is 0. The second kappa shape index (κ2) is 8.18. The summed E-state index contributed by atoms with van der Waals surface area (Å²) in [4.78, 5) is 39.1. The lowest BCUT2D eigenvalue weighted by Gasteiger charge is -2.70. The summed E-state index contributed by atoms with van der Waals surface area (Å²) in [5.41, 5.74) is -0.378. The number of ketones is 1. The summed E-state index contributed by atoms with van der Waals surface area (Å²) in [6, 6.07) is 0. The van der Waals surface area contributed by atoms with Crippen LogP contribution in [0.4, 0.5) is 0 Å². The number of esters is 1. The van der Waals surface area contributed by atoms with Crippen molar-refractivity contribution in [2.45, 2.75) is 113 Å². The van der Waals surface area contributed by atoms with Gasteiger partial charge < -0.3 is 9.84 Å². The van der Waals surface area contributed by atoms with Gasteiger partial charge in [0.25, 0.3) is 0 Å². The van der Waals surface area contributed by atoms with E-state index in [0.29, 0.717) is 18.8 Å². The number of ether oxygens (including phenoxy) is 1. The van der Waals surface area contributed by atoms with Crippen LogP contribution in [0.2, 0.25) is 0 Å². The van der Waals surface area contributed by atoms with Gasteiger partial charge in [-0.1, -0.05) is 54.0 Å². The maximum Gasteiger partial charge on any atom is 0.310 e. The molecular weight excluding hydrogens is 464 g/mol. The van der Waals surface area contributed by atoms with E-state index in [-0.39, 0.29) is 63.2 Å². The molecule has 1 unspecified atom stereocenters. The molecule has 206 valence electrons. The maximum atomic E-state index is 14.4. The molecule has 5 nitrogen and oxygen atoms in total. The Labute approximate surface area is 223 Å². The SMILES string of the molecule is CC(=O)O[C@H]1CC[C@@]2(C)C(CC[C@]3(C)[C@@H]2C(=O)C=C2[C@@H]4[C@@H](C)[C@H](C)CC[C@]4(C(=O)O)CC[C@]23C)C1(C)C. The average Bonchev–Trinajstić information content (AvgIpc) is 2.79. The highest BCUT2D eigenvalue weighted by Crippen LogP contribution is 2.75. The lowest BCUT2D eigenvalue weighted by Crippen LogP contribution is -2.67. The molecule has 0 aromatic heterocycles. The lowest BCUT2D eigenvalue weighted by atomic mass is 9.33. The minimum Gasteiger partial charge on any atom is -0.481 e. The van der Waals surface area contributed by atoms with Gasteiger partial charge in [-0.3, -0.25) is 14.4 Å². The number of carboxylic acids is 1. The molecule has 0 spiro atoms. The Kier molecular flexibility index (Phi) is 5.95. The van der Waals surface area contributed by atoms with E-state index in [9.17, 15) is 19.5 Å². The van der Waals surface area contributed by atoms with Crippen molar-refractivity contribution in [3.05, 3.63) is 11.6 Å². The Bertz CT molecular complexity index is 1060. The summed E-state index contributed by atoms with van der Waals surface area (Å²) >= 11 is 0. The van der Waals surface area contributed by atoms with Crippen LogP contribution in [0.1, 0.15) is 107 Å². The zero-order valence-electron chi connectivity index (χ0n) is 24.3. The van der Waals surface area contributed by atoms with E-state index in [1.807, 2.05) is 6.08 Å². The van der Waals surface area contributed by atoms with Gasteiger partial charge in [-0.15, -0.1) is 0 Å². The Balaban J connectivity index is 1.62. The quantitative estimate of drug-likeness (QED) is 0.410. The van der Waals surface area contributed by atoms with Crippen LogP contribution in [0.5, 0.6) is 0 Å². The number of carbonyl (C=O) groups excluding carboxylic acids is 2. The van der Waals surface area contributed by atoms with Crippen LogP contribution in [0.3, 0.4) is 0 Å². The summed E-state index contributed by atoms with van der Waals surface area (Å²) in [6.45, 7) is 17.5. The summed E-state index contributed by atoms with van der Waals surface area (Å²) in [5.74, 6) is 0.135. The van der Waals surface area contributed by atoms with E-state index in [0.717, 1.165) is 44.1 Å². The molecule has 0 aromatic rings. The number of carboxylic acid groups (broad SMARTS) is 1. The number of allylic oxidation sites excluding steroid dienone is 2. The second-order valence-corrected chi connectivity index (χ2v) is 15.1. The number of fused-ring (bicyclic) bond motifs is 7. The fourth-order valence-corrected chi connectivity index (χ4v) is 11.1. The van der Waals surface area contributed by atoms with Crippen molar-refractivity contribution in [1.82, 2.24) is 0 Å². The largest absolute Gasteiger partial charge is 0.481 e. The molecule has 5 heteroatoms. The number of rotatable bonds is 2. The smallest absolute Gasteiger partial charge is 0.310 e. The Morgan fingerprint density at radius 1 is 0.946 bits per heavy atom. The predicted molar refractivity (Wildman–Crippen MR) is 143 cm³/mol. The molecule has 0 saturated heterocycles. The van der Waals surface area contributed by atoms with Crippen LogP contribution in [0.25, 0.3) is 0 Å². The fourth-order valence-electron chi connectivity index (χ4n) is 11.1. The molecule has 4 fully saturated rings. The van der Waals surface area contributed by atoms with E-state index < -0.39 is 11.4 Å². The van der Waals surface area contributed by atoms with Crippen LogP contribution >= 0.6 is 0 Å². The van der Waals surface area contributed by atoms with Crippen molar-refractivity contribution in [2.75, 3.05) is 0 Å². The first kappa shape index (κ1) is 26.9. The normalized spacial score (nSPS) is 50.5. The first-order valence-electron chi connectivity index (χ1n) is 14.7. The fraction of sp³-hybridized carbons (Fsp3) is 0.844. The third-order valence-corrected chi connectivity index (χ3v) is 13.4. The zero-order chi connectivity index (χ0) is 27.3. The molecule has 37 heavy (non-hydrogen) atoms. The lowest BCUT2D eigenvalue weighted by molar-refractivity contribution is -0.212. The highest BCUT2D eigenvalue weighted by molar-refractivity contribution is 5.96. The molecular formula is C32H48O5. The van der Waals surface area contributed by atoms with Crippen LogP contribution in [-0.4, -0.2) is 28.9 Å². The first-order chi connectivity index (χ1) is 17.1. The number of carbonyl (C=O) groups is 3. The predicted octanol–water partition coefficient (Wildman–Crippen LogP) is 6.84. The van der Waals surface area contributed by atoms with Crippen LogP contribution < -0.4 is 0 Å². The monoisotopic (exact) mass is 512 g/mol. The third-order valence-electron chi connectivity index (χ3n) is 13.4. The zero-order valence-corrected chi connectivity index (χ0v) is 24.3. The minimum atomic E-state index is -0.744. The number of aliphatic carboxylic acids is 1. The number of hydrogen-bond donors (Lipinski definition) is 1. The summed E-state index contributed by atoms with van der Waals surface area (Å²) in [6.07, 6.45) is 8.65. The third kappa shape index (κ3) is 3.30. The van der Waals surface area contributed by atoms with Crippen molar-refractivity contribution >= 4 is 17.7 Å². The molecule has 5 aliphatic rings. The summed E-state index contributed by atoms with van der Waals surface area (Å²) < 4.78 is 5.82. The van der Waals surface area contributed by atoms with Crippen LogP contribution in [-0.2, 0) is 19.1 Å². The van der Waals surface area contributed by atoms with E-state index in [1.54, 1.807) is 0 Å². The Morgan fingerprint density at radius 2 is 1.62 bits per heavy atom. The minimum absolute atomic E-state index is 0.0732. The van der Waals surface area contributed by atoms with Crippen LogP contribution in [0, 0.1) is 56.7 Å². The Morgan fingerprint density at radius 3 is 2.24 bits per heavy atom. The molecule has 4 saturated carbocycles. The van der Waals surface area contributed by atoms with Crippen molar-refractivity contribution in [3.63, 3.8) is 0 Å². The highest BCUT2D eigenvalue weighted by Gasteiger charge is 2.71. The molecule has 1 N–H and O–H groups in total. The average molecular weight is 513 g/mol. The van der Waals surface area contributed by atoms with Gasteiger partial charge >= 0.3 is 11.9 Å². The highest BCUT2D eigenvalue weighted by atomic mass is 16.5. The van der Waals surface area contributed by atoms with Gasteiger partial charge in [0.05, 0.1) is 5.41 Å². The number of hydrogen-bond acceptors (Lipinski definition) is 4. The van der Waals surface area contributed by atoms with Gasteiger partial charge in [-0.2, -0.15) is 0 Å².